The van der Waals surface area contributed by atoms with Gasteiger partial charge < -0.3 is 5.32 Å². The van der Waals surface area contributed by atoms with Gasteiger partial charge in [-0.2, -0.15) is 31.4 Å². The molecule has 0 bridgehead atoms. The second-order valence-corrected chi connectivity index (χ2v) is 5.27. The summed E-state index contributed by atoms with van der Waals surface area (Å²) in [5.74, 6) is -1.26. The van der Waals surface area contributed by atoms with Crippen molar-refractivity contribution in [1.82, 2.24) is 14.8 Å². The van der Waals surface area contributed by atoms with Crippen LogP contribution in [0.5, 0.6) is 0 Å². The topological polar surface area (TPSA) is 59.8 Å². The Morgan fingerprint density at radius 2 is 1.83 bits per heavy atom. The molecular weight excluding hydrogens is 410 g/mol. The van der Waals surface area contributed by atoms with Crippen molar-refractivity contribution < 1.29 is 31.1 Å². The van der Waals surface area contributed by atoms with Crippen molar-refractivity contribution in [2.24, 2.45) is 7.05 Å². The molecule has 0 unspecified atom stereocenters. The highest BCUT2D eigenvalue weighted by molar-refractivity contribution is 9.10. The predicted molar refractivity (Wildman–Crippen MR) is 73.1 cm³/mol. The lowest BCUT2D eigenvalue weighted by Crippen LogP contribution is -2.21. The van der Waals surface area contributed by atoms with E-state index in [0.717, 1.165) is 19.3 Å². The van der Waals surface area contributed by atoms with Crippen molar-refractivity contribution in [3.8, 4) is 0 Å². The predicted octanol–water partition coefficient (Wildman–Crippen LogP) is 3.87. The first-order valence-electron chi connectivity index (χ1n) is 6.05. The number of aryl methyl sites for hydroxylation is 1. The molecule has 2 aromatic rings. The molecule has 0 aliphatic rings. The largest absolute Gasteiger partial charge is 0.433 e. The van der Waals surface area contributed by atoms with E-state index in [1.807, 2.05) is 5.32 Å². The second-order valence-electron chi connectivity index (χ2n) is 4.52. The van der Waals surface area contributed by atoms with Crippen molar-refractivity contribution in [1.29, 1.82) is 0 Å². The molecule has 5 nitrogen and oxygen atoms in total. The average Bonchev–Trinajstić information content (AvgIpc) is 2.72. The molecule has 1 amide bonds. The minimum absolute atomic E-state index is 0.354. The Kier molecular flexibility index (Phi) is 4.61. The Morgan fingerprint density at radius 1 is 1.21 bits per heavy atom. The normalized spacial score (nSPS) is 12.3. The van der Waals surface area contributed by atoms with Crippen LogP contribution in [-0.2, 0) is 19.4 Å². The molecule has 2 aromatic heterocycles. The summed E-state index contributed by atoms with van der Waals surface area (Å²) >= 11 is 2.60. The molecule has 0 saturated heterocycles. The van der Waals surface area contributed by atoms with E-state index < -0.39 is 39.8 Å². The van der Waals surface area contributed by atoms with E-state index in [9.17, 15) is 31.1 Å². The Labute approximate surface area is 138 Å². The highest BCUT2D eigenvalue weighted by atomic mass is 79.9. The highest BCUT2D eigenvalue weighted by Gasteiger charge is 2.41. The summed E-state index contributed by atoms with van der Waals surface area (Å²) < 4.78 is 76.8. The average molecular weight is 417 g/mol. The van der Waals surface area contributed by atoms with Crippen LogP contribution < -0.4 is 5.32 Å². The van der Waals surface area contributed by atoms with Crippen LogP contribution in [0.15, 0.2) is 22.9 Å². The molecule has 0 spiro atoms. The molecule has 130 valence electrons. The maximum atomic E-state index is 13.0. The number of aromatic nitrogens is 3. The Morgan fingerprint density at radius 3 is 2.38 bits per heavy atom. The number of hydrogen-bond donors (Lipinski definition) is 1. The standard InChI is InChI=1S/C12H7BrF6N4O/c1-23-8(7(9(13)22-23)12(17,18)19)10(24)21-5-2-3-20-6(4-5)11(14,15)16/h2-4H,1H3,(H,20,21,24). The van der Waals surface area contributed by atoms with Gasteiger partial charge in [-0.3, -0.25) is 14.5 Å². The minimum atomic E-state index is -4.88. The van der Waals surface area contributed by atoms with Gasteiger partial charge in [0.1, 0.15) is 21.6 Å². The molecule has 0 fully saturated rings. The summed E-state index contributed by atoms with van der Waals surface area (Å²) in [4.78, 5) is 15.2. The quantitative estimate of drug-likeness (QED) is 0.756. The number of carbonyl (C=O) groups excluding carboxylic acids is 1. The van der Waals surface area contributed by atoms with Crippen LogP contribution in [0.25, 0.3) is 0 Å². The van der Waals surface area contributed by atoms with Crippen molar-refractivity contribution >= 4 is 27.5 Å². The van der Waals surface area contributed by atoms with E-state index in [2.05, 4.69) is 26.0 Å². The Hall–Kier alpha value is -2.11. The maximum Gasteiger partial charge on any atom is 0.433 e. The third kappa shape index (κ3) is 3.68. The first-order valence-corrected chi connectivity index (χ1v) is 6.85. The third-order valence-corrected chi connectivity index (χ3v) is 3.37. The minimum Gasteiger partial charge on any atom is -0.321 e. The third-order valence-electron chi connectivity index (χ3n) is 2.81. The summed E-state index contributed by atoms with van der Waals surface area (Å²) in [5, 5.41) is 5.43. The van der Waals surface area contributed by atoms with Crippen LogP contribution in [0.2, 0.25) is 0 Å². The second kappa shape index (κ2) is 6.07. The Balaban J connectivity index is 2.39. The van der Waals surface area contributed by atoms with Gasteiger partial charge >= 0.3 is 12.4 Å². The van der Waals surface area contributed by atoms with Gasteiger partial charge in [0.05, 0.1) is 0 Å². The van der Waals surface area contributed by atoms with Gasteiger partial charge in [0.25, 0.3) is 5.91 Å². The van der Waals surface area contributed by atoms with Crippen molar-refractivity contribution in [2.75, 3.05) is 5.32 Å². The molecule has 2 rings (SSSR count). The van der Waals surface area contributed by atoms with Gasteiger partial charge in [-0.1, -0.05) is 0 Å². The zero-order chi connectivity index (χ0) is 18.3. The van der Waals surface area contributed by atoms with Crippen molar-refractivity contribution in [3.63, 3.8) is 0 Å². The number of amides is 1. The van der Waals surface area contributed by atoms with E-state index in [0.29, 0.717) is 10.7 Å². The number of rotatable bonds is 2. The van der Waals surface area contributed by atoms with Crippen LogP contribution >= 0.6 is 15.9 Å². The SMILES string of the molecule is Cn1nc(Br)c(C(F)(F)F)c1C(=O)Nc1ccnc(C(F)(F)F)c1. The van der Waals surface area contributed by atoms with E-state index in [1.54, 1.807) is 0 Å². The van der Waals surface area contributed by atoms with E-state index in [4.69, 9.17) is 0 Å². The summed E-state index contributed by atoms with van der Waals surface area (Å²) in [7, 11) is 1.10. The molecule has 24 heavy (non-hydrogen) atoms. The summed E-state index contributed by atoms with van der Waals surface area (Å²) in [6, 6.07) is 1.53. The molecule has 0 aliphatic carbocycles. The summed E-state index contributed by atoms with van der Waals surface area (Å²) in [6.45, 7) is 0. The number of hydrogen-bond acceptors (Lipinski definition) is 3. The van der Waals surface area contributed by atoms with Crippen LogP contribution in [0, 0.1) is 0 Å². The molecular formula is C12H7BrF6N4O. The monoisotopic (exact) mass is 416 g/mol. The molecule has 0 atom stereocenters. The first-order chi connectivity index (χ1) is 10.9. The van der Waals surface area contributed by atoms with Gasteiger partial charge in [0, 0.05) is 18.9 Å². The van der Waals surface area contributed by atoms with Gasteiger partial charge in [-0.15, -0.1) is 0 Å². The smallest absolute Gasteiger partial charge is 0.321 e. The van der Waals surface area contributed by atoms with Gasteiger partial charge in [0.15, 0.2) is 0 Å². The van der Waals surface area contributed by atoms with Gasteiger partial charge in [0.2, 0.25) is 0 Å². The fourth-order valence-electron chi connectivity index (χ4n) is 1.86. The number of carbonyl (C=O) groups is 1. The van der Waals surface area contributed by atoms with Gasteiger partial charge in [-0.05, 0) is 28.1 Å². The lowest BCUT2D eigenvalue weighted by Gasteiger charge is -2.11. The number of pyridine rings is 1. The fourth-order valence-corrected chi connectivity index (χ4v) is 2.51. The molecule has 0 radical (unpaired) electrons. The van der Waals surface area contributed by atoms with Crippen molar-refractivity contribution in [3.05, 3.63) is 39.9 Å². The van der Waals surface area contributed by atoms with Crippen LogP contribution in [-0.4, -0.2) is 20.7 Å². The number of nitrogens with zero attached hydrogens (tertiary/aromatic N) is 3. The fraction of sp³-hybridized carbons (Fsp3) is 0.250. The molecule has 1 N–H and O–H groups in total. The van der Waals surface area contributed by atoms with E-state index >= 15 is 0 Å². The molecule has 0 aromatic carbocycles. The summed E-state index contributed by atoms with van der Waals surface area (Å²) in [5.41, 5.74) is -3.82. The zero-order valence-corrected chi connectivity index (χ0v) is 13.2. The molecule has 0 saturated carbocycles. The van der Waals surface area contributed by atoms with Crippen molar-refractivity contribution in [2.45, 2.75) is 12.4 Å². The zero-order valence-electron chi connectivity index (χ0n) is 11.6. The number of anilines is 1. The van der Waals surface area contributed by atoms with E-state index in [1.165, 1.54) is 0 Å². The highest BCUT2D eigenvalue weighted by Crippen LogP contribution is 2.37. The number of alkyl halides is 6. The lowest BCUT2D eigenvalue weighted by atomic mass is 10.2. The number of halogens is 7. The van der Waals surface area contributed by atoms with E-state index in [-0.39, 0.29) is 5.69 Å². The number of nitrogens with one attached hydrogen (secondary N) is 1. The molecule has 12 heteroatoms. The van der Waals surface area contributed by atoms with Crippen LogP contribution in [0.4, 0.5) is 32.0 Å². The summed E-state index contributed by atoms with van der Waals surface area (Å²) in [6.07, 6.45) is -8.86. The first kappa shape index (κ1) is 18.2. The maximum absolute atomic E-state index is 13.0. The lowest BCUT2D eigenvalue weighted by molar-refractivity contribution is -0.141. The molecule has 0 aliphatic heterocycles. The van der Waals surface area contributed by atoms with Crippen LogP contribution in [0.1, 0.15) is 21.7 Å². The van der Waals surface area contributed by atoms with Gasteiger partial charge in [-0.25, -0.2) is 0 Å². The molecule has 2 heterocycles. The Bertz CT molecular complexity index is 783. The van der Waals surface area contributed by atoms with Crippen LogP contribution in [0.3, 0.4) is 0 Å².